The van der Waals surface area contributed by atoms with Gasteiger partial charge in [-0.25, -0.2) is 0 Å². The van der Waals surface area contributed by atoms with Gasteiger partial charge in [-0.2, -0.15) is 0 Å². The van der Waals surface area contributed by atoms with Crippen molar-refractivity contribution < 1.29 is 0 Å². The lowest BCUT2D eigenvalue weighted by Crippen LogP contribution is -1.90. The minimum atomic E-state index is 1.20. The molecule has 0 amide bonds. The van der Waals surface area contributed by atoms with Crippen LogP contribution in [0.15, 0.2) is 121 Å². The Morgan fingerprint density at radius 1 is 0.353 bits per heavy atom. The Labute approximate surface area is 198 Å². The molecule has 34 heavy (non-hydrogen) atoms. The summed E-state index contributed by atoms with van der Waals surface area (Å²) in [6.07, 6.45) is 0. The molecule has 0 aliphatic carbocycles. The van der Waals surface area contributed by atoms with E-state index in [-0.39, 0.29) is 0 Å². The van der Waals surface area contributed by atoms with Crippen LogP contribution in [0.3, 0.4) is 0 Å². The van der Waals surface area contributed by atoms with Gasteiger partial charge in [-0.3, -0.25) is 0 Å². The summed E-state index contributed by atoms with van der Waals surface area (Å²) in [5, 5.41) is 9.94. The minimum Gasteiger partial charge on any atom is -0.0696 e. The highest BCUT2D eigenvalue weighted by Crippen LogP contribution is 2.44. The van der Waals surface area contributed by atoms with Crippen molar-refractivity contribution in [3.63, 3.8) is 0 Å². The fourth-order valence-corrected chi connectivity index (χ4v) is 5.32. The second kappa shape index (κ2) is 7.48. The lowest BCUT2D eigenvalue weighted by molar-refractivity contribution is 1.68. The summed E-state index contributed by atoms with van der Waals surface area (Å²) in [5.41, 5.74) is 4.96. The molecule has 7 rings (SSSR count). The Bertz CT molecular complexity index is 1660. The molecule has 7 aromatic carbocycles. The topological polar surface area (TPSA) is 0 Å². The highest BCUT2D eigenvalue weighted by atomic mass is 14.2. The van der Waals surface area contributed by atoms with Gasteiger partial charge in [-0.15, -0.1) is 0 Å². The van der Waals surface area contributed by atoms with Crippen molar-refractivity contribution in [1.82, 2.24) is 0 Å². The van der Waals surface area contributed by atoms with Crippen LogP contribution in [0, 0.1) is 12.1 Å². The molecular weight excluding hydrogens is 408 g/mol. The molecule has 0 saturated heterocycles. The van der Waals surface area contributed by atoms with Crippen LogP contribution in [0.25, 0.3) is 65.3 Å². The maximum atomic E-state index is 3.23. The molecular formula is C34H20. The average Bonchev–Trinajstić information content (AvgIpc) is 2.91. The SMILES string of the molecule is c1cc2c(-c3ccc4ccccc4c3)c3ccccc3c(-c3ccc4ccccc4c3)c2cc#1. The van der Waals surface area contributed by atoms with E-state index in [1.165, 1.54) is 65.3 Å². The minimum absolute atomic E-state index is 1.20. The molecule has 0 fully saturated rings. The average molecular weight is 429 g/mol. The summed E-state index contributed by atoms with van der Waals surface area (Å²) in [6, 6.07) is 50.1. The van der Waals surface area contributed by atoms with Crippen LogP contribution in [0.1, 0.15) is 0 Å². The largest absolute Gasteiger partial charge is 0.0696 e. The van der Waals surface area contributed by atoms with Crippen molar-refractivity contribution in [3.8, 4) is 22.3 Å². The van der Waals surface area contributed by atoms with Crippen molar-refractivity contribution in [3.05, 3.63) is 133 Å². The second-order valence-corrected chi connectivity index (χ2v) is 8.82. The predicted octanol–water partition coefficient (Wildman–Crippen LogP) is 9.23. The third-order valence-corrected chi connectivity index (χ3v) is 6.89. The standard InChI is InChI=1S/C34H20/c1-3-11-25-21-27(19-17-23(25)9-1)33-29-13-5-7-15-31(29)34(32-16-8-6-14-30(32)33)28-20-18-24-10-2-4-12-26(24)22-28/h1-5,7,9-22H. The number of hydrogen-bond donors (Lipinski definition) is 0. The third-order valence-electron chi connectivity index (χ3n) is 6.89. The molecule has 0 radical (unpaired) electrons. The summed E-state index contributed by atoms with van der Waals surface area (Å²) in [7, 11) is 0. The van der Waals surface area contributed by atoms with Crippen molar-refractivity contribution in [2.24, 2.45) is 0 Å². The van der Waals surface area contributed by atoms with E-state index >= 15 is 0 Å². The Hall–Kier alpha value is -4.60. The van der Waals surface area contributed by atoms with E-state index in [0.717, 1.165) is 0 Å². The molecule has 0 heteroatoms. The molecule has 0 bridgehead atoms. The Morgan fingerprint density at radius 2 is 0.765 bits per heavy atom. The first-order chi connectivity index (χ1) is 16.9. The van der Waals surface area contributed by atoms with E-state index in [2.05, 4.69) is 133 Å². The van der Waals surface area contributed by atoms with Gasteiger partial charge in [0.15, 0.2) is 0 Å². The monoisotopic (exact) mass is 428 g/mol. The highest BCUT2D eigenvalue weighted by Gasteiger charge is 2.16. The molecule has 0 N–H and O–H groups in total. The van der Waals surface area contributed by atoms with Gasteiger partial charge in [-0.05, 0) is 89.6 Å². The molecule has 0 spiro atoms. The molecule has 0 aromatic heterocycles. The summed E-state index contributed by atoms with van der Waals surface area (Å²) in [5.74, 6) is 0. The Morgan fingerprint density at radius 3 is 1.24 bits per heavy atom. The summed E-state index contributed by atoms with van der Waals surface area (Å²) in [6.45, 7) is 0. The summed E-state index contributed by atoms with van der Waals surface area (Å²) in [4.78, 5) is 0. The Kier molecular flexibility index (Phi) is 4.16. The fourth-order valence-electron chi connectivity index (χ4n) is 5.32. The smallest absolute Gasteiger partial charge is 0.000254 e. The first-order valence-corrected chi connectivity index (χ1v) is 11.6. The van der Waals surface area contributed by atoms with E-state index in [9.17, 15) is 0 Å². The number of hydrogen-bond acceptors (Lipinski definition) is 0. The van der Waals surface area contributed by atoms with Crippen LogP contribution >= 0.6 is 0 Å². The first kappa shape index (κ1) is 18.9. The van der Waals surface area contributed by atoms with Gasteiger partial charge in [0.2, 0.25) is 0 Å². The van der Waals surface area contributed by atoms with Gasteiger partial charge >= 0.3 is 0 Å². The summed E-state index contributed by atoms with van der Waals surface area (Å²) < 4.78 is 0. The van der Waals surface area contributed by atoms with Crippen LogP contribution in [-0.4, -0.2) is 0 Å². The lowest BCUT2D eigenvalue weighted by Gasteiger charge is -2.17. The Balaban J connectivity index is 1.61. The van der Waals surface area contributed by atoms with Crippen LogP contribution in [-0.2, 0) is 0 Å². The van der Waals surface area contributed by atoms with E-state index < -0.39 is 0 Å². The maximum Gasteiger partial charge on any atom is -0.000254 e. The third kappa shape index (κ3) is 2.88. The van der Waals surface area contributed by atoms with E-state index in [0.29, 0.717) is 0 Å². The predicted molar refractivity (Wildman–Crippen MR) is 145 cm³/mol. The van der Waals surface area contributed by atoms with Gasteiger partial charge in [-0.1, -0.05) is 109 Å². The number of rotatable bonds is 2. The zero-order chi connectivity index (χ0) is 22.5. The van der Waals surface area contributed by atoms with Crippen LogP contribution in [0.2, 0.25) is 0 Å². The molecule has 0 aliphatic heterocycles. The molecule has 0 unspecified atom stereocenters. The molecule has 7 aromatic rings. The van der Waals surface area contributed by atoms with E-state index in [1.807, 2.05) is 0 Å². The second-order valence-electron chi connectivity index (χ2n) is 8.82. The quantitative estimate of drug-likeness (QED) is 0.257. The van der Waals surface area contributed by atoms with Crippen LogP contribution in [0.5, 0.6) is 0 Å². The zero-order valence-corrected chi connectivity index (χ0v) is 18.5. The number of fused-ring (bicyclic) bond motifs is 4. The van der Waals surface area contributed by atoms with Crippen molar-refractivity contribution >= 4 is 43.1 Å². The van der Waals surface area contributed by atoms with Gasteiger partial charge in [0.05, 0.1) is 0 Å². The van der Waals surface area contributed by atoms with Crippen LogP contribution in [0.4, 0.5) is 0 Å². The number of benzene rings is 6. The maximum absolute atomic E-state index is 3.23. The van der Waals surface area contributed by atoms with Gasteiger partial charge < -0.3 is 0 Å². The summed E-state index contributed by atoms with van der Waals surface area (Å²) >= 11 is 0. The lowest BCUT2D eigenvalue weighted by atomic mass is 9.85. The fraction of sp³-hybridized carbons (Fsp3) is 0. The normalized spacial score (nSPS) is 11.3. The molecule has 156 valence electrons. The molecule has 0 heterocycles. The van der Waals surface area contributed by atoms with Crippen molar-refractivity contribution in [2.75, 3.05) is 0 Å². The van der Waals surface area contributed by atoms with Crippen molar-refractivity contribution in [2.45, 2.75) is 0 Å². The molecule has 0 aliphatic rings. The van der Waals surface area contributed by atoms with E-state index in [4.69, 9.17) is 0 Å². The molecule has 0 atom stereocenters. The highest BCUT2D eigenvalue weighted by molar-refractivity contribution is 6.21. The van der Waals surface area contributed by atoms with Crippen LogP contribution < -0.4 is 0 Å². The molecule has 0 nitrogen and oxygen atoms in total. The molecule has 0 saturated carbocycles. The van der Waals surface area contributed by atoms with E-state index in [1.54, 1.807) is 0 Å². The first-order valence-electron chi connectivity index (χ1n) is 11.6. The zero-order valence-electron chi connectivity index (χ0n) is 18.5. The van der Waals surface area contributed by atoms with Gasteiger partial charge in [0, 0.05) is 0 Å². The van der Waals surface area contributed by atoms with Gasteiger partial charge in [0.25, 0.3) is 0 Å². The van der Waals surface area contributed by atoms with Gasteiger partial charge in [0.1, 0.15) is 0 Å². The van der Waals surface area contributed by atoms with Crippen molar-refractivity contribution in [1.29, 1.82) is 0 Å².